The van der Waals surface area contributed by atoms with Gasteiger partial charge in [-0.2, -0.15) is 0 Å². The van der Waals surface area contributed by atoms with Crippen molar-refractivity contribution in [3.8, 4) is 0 Å². The van der Waals surface area contributed by atoms with Crippen LogP contribution in [-0.4, -0.2) is 11.9 Å². The molecule has 0 saturated carbocycles. The summed E-state index contributed by atoms with van der Waals surface area (Å²) >= 11 is 12.2. The molecule has 0 bridgehead atoms. The van der Waals surface area contributed by atoms with E-state index in [0.717, 1.165) is 0 Å². The zero-order valence-electron chi connectivity index (χ0n) is 4.90. The summed E-state index contributed by atoms with van der Waals surface area (Å²) in [6.07, 6.45) is 0. The van der Waals surface area contributed by atoms with Gasteiger partial charge < -0.3 is 5.98 Å². The Hall–Kier alpha value is 1.98. The first kappa shape index (κ1) is 12.6. The van der Waals surface area contributed by atoms with E-state index in [-0.39, 0.29) is 31.0 Å². The van der Waals surface area contributed by atoms with Crippen LogP contribution in [0.2, 0.25) is 0 Å². The quantitative estimate of drug-likeness (QED) is 0.303. The van der Waals surface area contributed by atoms with Gasteiger partial charge in [-0.1, -0.05) is 34.8 Å². The van der Waals surface area contributed by atoms with Crippen LogP contribution >= 0.6 is 34.8 Å². The summed E-state index contributed by atoms with van der Waals surface area (Å²) in [5, 5.41) is 0. The molecule has 1 unspecified atom stereocenters. The normalized spacial score (nSPS) is 14.5. The summed E-state index contributed by atoms with van der Waals surface area (Å²) in [5.74, 6) is 0. The molecular weight excluding hydrogens is 205 g/mol. The third-order valence-corrected chi connectivity index (χ3v) is 1.78. The summed E-state index contributed by atoms with van der Waals surface area (Å²) in [6.45, 7) is 0. The molecule has 46 valence electrons. The van der Waals surface area contributed by atoms with E-state index in [1.165, 1.54) is 0 Å². The molecule has 8 heavy (non-hydrogen) atoms. The first-order valence-corrected chi connectivity index (χ1v) is 3.36. The zero-order valence-corrected chi connectivity index (χ0v) is 8.98. The first-order valence-electron chi connectivity index (χ1n) is 1.12. The Morgan fingerprint density at radius 1 is 1.50 bits per heavy atom. The molecule has 0 aromatic rings. The molecule has 0 heterocycles. The van der Waals surface area contributed by atoms with Crippen molar-refractivity contribution in [2.45, 2.75) is 3.12 Å². The van der Waals surface area contributed by atoms with Gasteiger partial charge >= 0.3 is 29.6 Å². The predicted octanol–water partition coefficient (Wildman–Crippen LogP) is -1.35. The minimum Gasteiger partial charge on any atom is -1.00 e. The van der Waals surface area contributed by atoms with Crippen LogP contribution in [-0.2, 0) is 11.1 Å². The molecule has 0 spiro atoms. The molecule has 0 aromatic carbocycles. The van der Waals surface area contributed by atoms with Gasteiger partial charge in [-0.3, -0.25) is 0 Å². The van der Waals surface area contributed by atoms with Crippen LogP contribution in [0, 0.1) is 0 Å². The largest absolute Gasteiger partial charge is 1.00 e. The maximum Gasteiger partial charge on any atom is 1.00 e. The molecule has 1 N–H and O–H groups in total. The number of alkyl halides is 3. The van der Waals surface area contributed by atoms with Gasteiger partial charge in [0, 0.05) is 0 Å². The van der Waals surface area contributed by atoms with Crippen molar-refractivity contribution in [2.75, 3.05) is 0 Å². The average Bonchev–Trinajstić information content (AvgIpc) is 1.31. The fraction of sp³-hybridized carbons (Fsp3) is 1.00. The van der Waals surface area contributed by atoms with Gasteiger partial charge in [0.15, 0.2) is 0 Å². The van der Waals surface area contributed by atoms with Crippen LogP contribution in [0.25, 0.3) is 0 Å². The monoisotopic (exact) mass is 206 g/mol. The van der Waals surface area contributed by atoms with E-state index in [4.69, 9.17) is 39.4 Å². The molecule has 0 aliphatic carbocycles. The van der Waals surface area contributed by atoms with E-state index in [1.54, 1.807) is 0 Å². The van der Waals surface area contributed by atoms with Crippen molar-refractivity contribution in [3.05, 3.63) is 0 Å². The summed E-state index contributed by atoms with van der Waals surface area (Å²) in [5.41, 5.74) is 0. The fourth-order valence-electron chi connectivity index (χ4n) is 0. The van der Waals surface area contributed by atoms with Gasteiger partial charge in [0.1, 0.15) is 0 Å². The molecule has 0 aliphatic heterocycles. The molecule has 0 fully saturated rings. The van der Waals surface area contributed by atoms with Crippen LogP contribution < -0.4 is 29.6 Å². The summed E-state index contributed by atoms with van der Waals surface area (Å²) in [7, 11) is 0. The summed E-state index contributed by atoms with van der Waals surface area (Å²) in [4.78, 5) is 0. The minimum absolute atomic E-state index is 0. The molecule has 0 saturated heterocycles. The third-order valence-electron chi connectivity index (χ3n) is 0.198. The van der Waals surface area contributed by atoms with Crippen molar-refractivity contribution < 1.29 is 39.7 Å². The molecule has 0 aliphatic rings. The van der Waals surface area contributed by atoms with Gasteiger partial charge in [0.05, 0.1) is 0 Å². The number of halogens is 3. The second kappa shape index (κ2) is 4.74. The van der Waals surface area contributed by atoms with Gasteiger partial charge in [-0.25, -0.2) is 4.21 Å². The van der Waals surface area contributed by atoms with E-state index in [2.05, 4.69) is 0 Å². The van der Waals surface area contributed by atoms with Gasteiger partial charge in [-0.05, 0) is 0 Å². The van der Waals surface area contributed by atoms with E-state index in [9.17, 15) is 4.21 Å². The van der Waals surface area contributed by atoms with Gasteiger partial charge in [-0.15, -0.1) is 0 Å². The van der Waals surface area contributed by atoms with Crippen LogP contribution in [0.3, 0.4) is 0 Å². The Labute approximate surface area is 87.9 Å². The number of hydrogen-bond acceptors (Lipinski definition) is 1. The van der Waals surface area contributed by atoms with Crippen molar-refractivity contribution in [1.82, 2.24) is 0 Å². The molecule has 0 radical (unpaired) electrons. The summed E-state index contributed by atoms with van der Waals surface area (Å²) in [6, 6.07) is 0. The van der Waals surface area contributed by atoms with E-state index >= 15 is 0 Å². The van der Waals surface area contributed by atoms with Crippen LogP contribution in [0.5, 0.6) is 0 Å². The Morgan fingerprint density at radius 3 is 1.62 bits per heavy atom. The van der Waals surface area contributed by atoms with Crippen molar-refractivity contribution in [3.63, 3.8) is 0 Å². The zero-order chi connectivity index (χ0) is 6.08. The standard InChI is InChI=1S/CHCl3O2S.Na.H/c2-1(3,4)7(5)6;;/h(H,5,6);;/q;+1;-1. The second-order valence-electron chi connectivity index (χ2n) is 0.695. The Balaban J connectivity index is -0.000000180. The van der Waals surface area contributed by atoms with Crippen LogP contribution in [0.4, 0.5) is 0 Å². The van der Waals surface area contributed by atoms with Gasteiger partial charge in [0.25, 0.3) is 3.12 Å². The van der Waals surface area contributed by atoms with Crippen molar-refractivity contribution in [2.24, 2.45) is 0 Å². The molecule has 0 aromatic heterocycles. The van der Waals surface area contributed by atoms with Crippen molar-refractivity contribution >= 4 is 45.9 Å². The molecule has 7 heteroatoms. The third kappa shape index (κ3) is 6.11. The summed E-state index contributed by atoms with van der Waals surface area (Å²) < 4.78 is 15.6. The van der Waals surface area contributed by atoms with E-state index in [1.807, 2.05) is 0 Å². The van der Waals surface area contributed by atoms with Crippen molar-refractivity contribution in [1.29, 1.82) is 0 Å². The minimum atomic E-state index is -2.39. The molecular formula is CH2Cl3NaO2S. The smallest absolute Gasteiger partial charge is 1.00 e. The molecule has 1 atom stereocenters. The predicted molar refractivity (Wildman–Crippen MR) is 32.2 cm³/mol. The Morgan fingerprint density at radius 2 is 1.62 bits per heavy atom. The average molecular weight is 207 g/mol. The molecule has 2 nitrogen and oxygen atoms in total. The van der Waals surface area contributed by atoms with Crippen LogP contribution in [0.1, 0.15) is 1.43 Å². The maximum atomic E-state index is 9.74. The SMILES string of the molecule is O=S(O)C(Cl)(Cl)Cl.[H-].[Na+]. The Bertz CT molecular complexity index is 94.3. The fourth-order valence-corrected chi connectivity index (χ4v) is 0. The van der Waals surface area contributed by atoms with E-state index < -0.39 is 14.2 Å². The second-order valence-corrected chi connectivity index (χ2v) is 4.76. The van der Waals surface area contributed by atoms with E-state index in [0.29, 0.717) is 0 Å². The first-order chi connectivity index (χ1) is 2.94. The number of rotatable bonds is 0. The molecule has 0 amide bonds. The Kier molecular flexibility index (Phi) is 7.49. The van der Waals surface area contributed by atoms with Gasteiger partial charge in [0.2, 0.25) is 11.1 Å². The topological polar surface area (TPSA) is 37.3 Å². The molecule has 0 rings (SSSR count). The van der Waals surface area contributed by atoms with Crippen LogP contribution in [0.15, 0.2) is 0 Å². The maximum absolute atomic E-state index is 9.74. The number of hydrogen-bond donors (Lipinski definition) is 1.